The number of carbonyl (C=O) groups is 2. The first-order valence-corrected chi connectivity index (χ1v) is 12.3. The number of para-hydroxylation sites is 1. The van der Waals surface area contributed by atoms with E-state index in [1.807, 2.05) is 30.3 Å². The molecule has 3 aromatic carbocycles. The van der Waals surface area contributed by atoms with Gasteiger partial charge in [0.15, 0.2) is 5.78 Å². The summed E-state index contributed by atoms with van der Waals surface area (Å²) in [7, 11) is 0. The fourth-order valence-electron chi connectivity index (χ4n) is 4.28. The third-order valence-corrected chi connectivity index (χ3v) is 6.87. The number of hydrogen-bond donors (Lipinski definition) is 1. The summed E-state index contributed by atoms with van der Waals surface area (Å²) < 4.78 is 2.11. The number of amides is 1. The number of Topliss-reactive ketones (excluding diaryl/α,β-unsaturated/α-hetero) is 1. The largest absolute Gasteiger partial charge is 0.335 e. The quantitative estimate of drug-likeness (QED) is 0.148. The maximum Gasteiger partial charge on any atom is 0.289 e. The van der Waals surface area contributed by atoms with Gasteiger partial charge in [0.1, 0.15) is 5.69 Å². The Bertz CT molecular complexity index is 1710. The van der Waals surface area contributed by atoms with Crippen LogP contribution in [-0.2, 0) is 6.54 Å². The average molecular weight is 529 g/mol. The third-order valence-electron chi connectivity index (χ3n) is 6.26. The predicted octanol–water partition coefficient (Wildman–Crippen LogP) is 6.90. The zero-order chi connectivity index (χ0) is 26.1. The molecule has 0 aliphatic rings. The molecule has 0 radical (unpaired) electrons. The van der Waals surface area contributed by atoms with Gasteiger partial charge in [-0.2, -0.15) is 5.10 Å². The van der Waals surface area contributed by atoms with Gasteiger partial charge in [0.25, 0.3) is 5.91 Å². The highest BCUT2D eigenvalue weighted by Gasteiger charge is 2.16. The molecule has 1 amide bonds. The number of pyridine rings is 1. The van der Waals surface area contributed by atoms with Crippen LogP contribution in [0.4, 0.5) is 0 Å². The molecular weight excluding hydrogens is 507 g/mol. The SMILES string of the molecule is CC(=O)c1ccc(/C(C)=N/NC(=O)c2cc3c4ccccc4n(Cc4cc(Cl)ccc4Cl)c3cn2)cc1. The second-order valence-electron chi connectivity index (χ2n) is 8.70. The molecular formula is C29H22Cl2N4O2. The Kier molecular flexibility index (Phi) is 6.78. The Hall–Kier alpha value is -4.00. The van der Waals surface area contributed by atoms with Crippen LogP contribution in [0.25, 0.3) is 21.8 Å². The molecule has 0 saturated carbocycles. The highest BCUT2D eigenvalue weighted by Crippen LogP contribution is 2.31. The van der Waals surface area contributed by atoms with Crippen LogP contribution in [0.5, 0.6) is 0 Å². The number of hydrogen-bond acceptors (Lipinski definition) is 4. The second kappa shape index (κ2) is 10.2. The van der Waals surface area contributed by atoms with Gasteiger partial charge in [0, 0.05) is 38.4 Å². The molecule has 0 atom stereocenters. The Morgan fingerprint density at radius 3 is 2.38 bits per heavy atom. The molecule has 0 spiro atoms. The van der Waals surface area contributed by atoms with Gasteiger partial charge in [0.05, 0.1) is 17.4 Å². The van der Waals surface area contributed by atoms with E-state index in [2.05, 4.69) is 20.1 Å². The van der Waals surface area contributed by atoms with Crippen LogP contribution in [-0.4, -0.2) is 27.0 Å². The fraction of sp³-hybridized carbons (Fsp3) is 0.103. The van der Waals surface area contributed by atoms with Crippen LogP contribution < -0.4 is 5.43 Å². The lowest BCUT2D eigenvalue weighted by Gasteiger charge is -2.10. The summed E-state index contributed by atoms with van der Waals surface area (Å²) in [6.45, 7) is 3.81. The fourth-order valence-corrected chi connectivity index (χ4v) is 4.65. The van der Waals surface area contributed by atoms with E-state index in [0.717, 1.165) is 32.9 Å². The lowest BCUT2D eigenvalue weighted by molar-refractivity contribution is 0.0949. The van der Waals surface area contributed by atoms with Crippen LogP contribution in [0.2, 0.25) is 10.0 Å². The minimum absolute atomic E-state index is 0.00654. The molecule has 0 saturated heterocycles. The molecule has 6 nitrogen and oxygen atoms in total. The Morgan fingerprint density at radius 1 is 0.892 bits per heavy atom. The first kappa shape index (κ1) is 24.7. The summed E-state index contributed by atoms with van der Waals surface area (Å²) in [4.78, 5) is 28.8. The van der Waals surface area contributed by atoms with Crippen molar-refractivity contribution >= 4 is 62.4 Å². The van der Waals surface area contributed by atoms with Crippen molar-refractivity contribution in [2.24, 2.45) is 5.10 Å². The van der Waals surface area contributed by atoms with Crippen molar-refractivity contribution in [3.05, 3.63) is 111 Å². The highest BCUT2D eigenvalue weighted by molar-refractivity contribution is 6.33. The molecule has 0 fully saturated rings. The predicted molar refractivity (Wildman–Crippen MR) is 149 cm³/mol. The lowest BCUT2D eigenvalue weighted by atomic mass is 10.1. The molecule has 5 rings (SSSR count). The van der Waals surface area contributed by atoms with Crippen LogP contribution in [0.15, 0.2) is 84.1 Å². The number of halogens is 2. The normalized spacial score (nSPS) is 11.7. The second-order valence-corrected chi connectivity index (χ2v) is 9.54. The third kappa shape index (κ3) is 4.99. The van der Waals surface area contributed by atoms with Gasteiger partial charge < -0.3 is 4.57 Å². The number of hydrazone groups is 1. The van der Waals surface area contributed by atoms with E-state index in [1.165, 1.54) is 6.92 Å². The summed E-state index contributed by atoms with van der Waals surface area (Å²) in [6, 6.07) is 22.2. The Balaban J connectivity index is 1.46. The van der Waals surface area contributed by atoms with E-state index in [0.29, 0.717) is 27.9 Å². The van der Waals surface area contributed by atoms with Crippen LogP contribution >= 0.6 is 23.2 Å². The molecule has 1 N–H and O–H groups in total. The van der Waals surface area contributed by atoms with E-state index in [9.17, 15) is 9.59 Å². The number of benzene rings is 3. The summed E-state index contributed by atoms with van der Waals surface area (Å²) in [5.41, 5.74) is 7.63. The number of fused-ring (bicyclic) bond motifs is 3. The van der Waals surface area contributed by atoms with E-state index in [4.69, 9.17) is 23.2 Å². The summed E-state index contributed by atoms with van der Waals surface area (Å²) in [5.74, 6) is -0.427. The van der Waals surface area contributed by atoms with E-state index in [-0.39, 0.29) is 11.5 Å². The summed E-state index contributed by atoms with van der Waals surface area (Å²) >= 11 is 12.7. The van der Waals surface area contributed by atoms with Gasteiger partial charge in [-0.25, -0.2) is 10.4 Å². The van der Waals surface area contributed by atoms with Crippen molar-refractivity contribution in [2.45, 2.75) is 20.4 Å². The maximum absolute atomic E-state index is 12.9. The van der Waals surface area contributed by atoms with Crippen LogP contribution in [0.1, 0.15) is 45.8 Å². The van der Waals surface area contributed by atoms with Gasteiger partial charge in [-0.1, -0.05) is 65.7 Å². The number of ketones is 1. The van der Waals surface area contributed by atoms with E-state index < -0.39 is 5.91 Å². The molecule has 37 heavy (non-hydrogen) atoms. The van der Waals surface area contributed by atoms with Gasteiger partial charge in [-0.3, -0.25) is 9.59 Å². The minimum Gasteiger partial charge on any atom is -0.335 e. The monoisotopic (exact) mass is 528 g/mol. The van der Waals surface area contributed by atoms with Crippen LogP contribution in [0, 0.1) is 0 Å². The summed E-state index contributed by atoms with van der Waals surface area (Å²) in [5, 5.41) is 7.36. The Morgan fingerprint density at radius 2 is 1.62 bits per heavy atom. The number of carbonyl (C=O) groups excluding carboxylic acids is 2. The van der Waals surface area contributed by atoms with Crippen LogP contribution in [0.3, 0.4) is 0 Å². The lowest BCUT2D eigenvalue weighted by Crippen LogP contribution is -2.20. The van der Waals surface area contributed by atoms with E-state index >= 15 is 0 Å². The smallest absolute Gasteiger partial charge is 0.289 e. The molecule has 0 bridgehead atoms. The van der Waals surface area contributed by atoms with Crippen molar-refractivity contribution in [2.75, 3.05) is 0 Å². The van der Waals surface area contributed by atoms with Crippen molar-refractivity contribution in [3.63, 3.8) is 0 Å². The molecule has 0 aliphatic carbocycles. The topological polar surface area (TPSA) is 76.3 Å². The average Bonchev–Trinajstić information content (AvgIpc) is 3.22. The zero-order valence-electron chi connectivity index (χ0n) is 20.1. The first-order valence-electron chi connectivity index (χ1n) is 11.6. The number of nitrogens with zero attached hydrogens (tertiary/aromatic N) is 3. The van der Waals surface area contributed by atoms with Gasteiger partial charge in [-0.05, 0) is 55.3 Å². The Labute approximate surface area is 223 Å². The van der Waals surface area contributed by atoms with Gasteiger partial charge in [0.2, 0.25) is 0 Å². The molecule has 184 valence electrons. The number of aromatic nitrogens is 2. The van der Waals surface area contributed by atoms with E-state index in [1.54, 1.807) is 55.6 Å². The molecule has 0 aliphatic heterocycles. The number of nitrogens with one attached hydrogen (secondary N) is 1. The van der Waals surface area contributed by atoms with Crippen molar-refractivity contribution in [3.8, 4) is 0 Å². The first-order chi connectivity index (χ1) is 17.8. The molecule has 2 heterocycles. The molecule has 2 aromatic heterocycles. The van der Waals surface area contributed by atoms with Crippen molar-refractivity contribution < 1.29 is 9.59 Å². The molecule has 0 unspecified atom stereocenters. The molecule has 5 aromatic rings. The number of rotatable bonds is 6. The van der Waals surface area contributed by atoms with Gasteiger partial charge >= 0.3 is 0 Å². The summed E-state index contributed by atoms with van der Waals surface area (Å²) in [6.07, 6.45) is 1.69. The zero-order valence-corrected chi connectivity index (χ0v) is 21.6. The van der Waals surface area contributed by atoms with Crippen molar-refractivity contribution in [1.29, 1.82) is 0 Å². The van der Waals surface area contributed by atoms with Gasteiger partial charge in [-0.15, -0.1) is 0 Å². The highest BCUT2D eigenvalue weighted by atomic mass is 35.5. The molecule has 8 heteroatoms. The van der Waals surface area contributed by atoms with Crippen molar-refractivity contribution in [1.82, 2.24) is 15.0 Å². The maximum atomic E-state index is 12.9. The minimum atomic E-state index is -0.420. The standard InChI is InChI=1S/C29H22Cl2N4O2/c1-17(19-7-9-20(10-8-19)18(2)36)33-34-29(37)26-14-24-23-5-3-4-6-27(23)35(28(24)15-32-26)16-21-13-22(30)11-12-25(21)31/h3-15H,16H2,1-2H3,(H,34,37)/b33-17+.